The van der Waals surface area contributed by atoms with Crippen molar-refractivity contribution in [3.8, 4) is 0 Å². The van der Waals surface area contributed by atoms with Crippen molar-refractivity contribution in [2.45, 2.75) is 20.1 Å². The van der Waals surface area contributed by atoms with Crippen LogP contribution in [0.25, 0.3) is 0 Å². The minimum Gasteiger partial charge on any atom is -0.392 e. The molecule has 0 aromatic heterocycles. The molecule has 0 aliphatic heterocycles. The fraction of sp³-hybridized carbons (Fsp3) is 0.300. The highest BCUT2D eigenvalue weighted by Crippen LogP contribution is 2.12. The first kappa shape index (κ1) is 9.89. The zero-order valence-corrected chi connectivity index (χ0v) is 7.45. The Morgan fingerprint density at radius 1 is 1.23 bits per heavy atom. The molecule has 1 aromatic rings. The number of rotatable bonds is 3. The van der Waals surface area contributed by atoms with E-state index in [1.165, 1.54) is 6.92 Å². The second-order valence-corrected chi connectivity index (χ2v) is 2.86. The van der Waals surface area contributed by atoms with Crippen LogP contribution in [0.1, 0.15) is 28.4 Å². The number of hydrogen-bond acceptors (Lipinski definition) is 3. The molecule has 0 aliphatic rings. The maximum atomic E-state index is 11.0. The molecular formula is C10H12O3. The smallest absolute Gasteiger partial charge is 0.159 e. The van der Waals surface area contributed by atoms with Crippen molar-refractivity contribution in [1.29, 1.82) is 0 Å². The third kappa shape index (κ3) is 2.14. The van der Waals surface area contributed by atoms with Gasteiger partial charge in [0.05, 0.1) is 13.2 Å². The minimum absolute atomic E-state index is 0.0424. The van der Waals surface area contributed by atoms with Crippen molar-refractivity contribution in [1.82, 2.24) is 0 Å². The van der Waals surface area contributed by atoms with Crippen molar-refractivity contribution >= 4 is 5.78 Å². The summed E-state index contributed by atoms with van der Waals surface area (Å²) in [6.07, 6.45) is 0. The van der Waals surface area contributed by atoms with Gasteiger partial charge in [0, 0.05) is 5.56 Å². The average molecular weight is 180 g/mol. The highest BCUT2D eigenvalue weighted by molar-refractivity contribution is 5.94. The number of ketones is 1. The molecule has 0 saturated carbocycles. The lowest BCUT2D eigenvalue weighted by Gasteiger charge is -2.05. The monoisotopic (exact) mass is 180 g/mol. The van der Waals surface area contributed by atoms with E-state index in [2.05, 4.69) is 0 Å². The van der Waals surface area contributed by atoms with Crippen molar-refractivity contribution in [3.05, 3.63) is 34.9 Å². The van der Waals surface area contributed by atoms with Gasteiger partial charge in [-0.3, -0.25) is 4.79 Å². The molecule has 0 aliphatic carbocycles. The van der Waals surface area contributed by atoms with E-state index in [0.717, 1.165) is 0 Å². The zero-order chi connectivity index (χ0) is 9.84. The van der Waals surface area contributed by atoms with Crippen molar-refractivity contribution in [2.75, 3.05) is 0 Å². The van der Waals surface area contributed by atoms with Crippen molar-refractivity contribution in [3.63, 3.8) is 0 Å². The predicted molar refractivity (Wildman–Crippen MR) is 48.3 cm³/mol. The minimum atomic E-state index is -0.156. The van der Waals surface area contributed by atoms with Gasteiger partial charge in [-0.2, -0.15) is 0 Å². The Morgan fingerprint density at radius 3 is 2.31 bits per heavy atom. The van der Waals surface area contributed by atoms with Gasteiger partial charge in [0.2, 0.25) is 0 Å². The van der Waals surface area contributed by atoms with E-state index >= 15 is 0 Å². The van der Waals surface area contributed by atoms with Crippen LogP contribution in [0.3, 0.4) is 0 Å². The number of aliphatic hydroxyl groups is 2. The van der Waals surface area contributed by atoms with E-state index in [9.17, 15) is 4.79 Å². The molecule has 13 heavy (non-hydrogen) atoms. The van der Waals surface area contributed by atoms with Gasteiger partial charge in [0.1, 0.15) is 0 Å². The van der Waals surface area contributed by atoms with Crippen LogP contribution in [0.5, 0.6) is 0 Å². The normalized spacial score (nSPS) is 10.1. The quantitative estimate of drug-likeness (QED) is 0.679. The van der Waals surface area contributed by atoms with Crippen LogP contribution in [-0.4, -0.2) is 16.0 Å². The van der Waals surface area contributed by atoms with E-state index in [1.54, 1.807) is 18.2 Å². The first-order chi connectivity index (χ1) is 6.19. The van der Waals surface area contributed by atoms with Crippen LogP contribution in [-0.2, 0) is 13.2 Å². The summed E-state index contributed by atoms with van der Waals surface area (Å²) in [6, 6.07) is 4.91. The molecule has 3 heteroatoms. The van der Waals surface area contributed by atoms with Gasteiger partial charge in [0.15, 0.2) is 5.78 Å². The Labute approximate surface area is 76.6 Å². The summed E-state index contributed by atoms with van der Waals surface area (Å²) in [5.74, 6) is -0.0424. The molecule has 0 atom stereocenters. The third-order valence-corrected chi connectivity index (χ3v) is 1.95. The first-order valence-electron chi connectivity index (χ1n) is 4.03. The Hall–Kier alpha value is -1.19. The van der Waals surface area contributed by atoms with E-state index < -0.39 is 0 Å². The summed E-state index contributed by atoms with van der Waals surface area (Å²) in [7, 11) is 0. The third-order valence-electron chi connectivity index (χ3n) is 1.95. The SMILES string of the molecule is CC(=O)c1ccc(CO)c(CO)c1. The topological polar surface area (TPSA) is 57.5 Å². The van der Waals surface area contributed by atoms with E-state index in [-0.39, 0.29) is 19.0 Å². The van der Waals surface area contributed by atoms with E-state index in [0.29, 0.717) is 16.7 Å². The second-order valence-electron chi connectivity index (χ2n) is 2.86. The van der Waals surface area contributed by atoms with Crippen LogP contribution in [0, 0.1) is 0 Å². The molecule has 0 bridgehead atoms. The number of carbonyl (C=O) groups is 1. The summed E-state index contributed by atoms with van der Waals surface area (Å²) in [5, 5.41) is 17.8. The molecule has 1 rings (SSSR count). The number of benzene rings is 1. The Morgan fingerprint density at radius 2 is 1.85 bits per heavy atom. The predicted octanol–water partition coefficient (Wildman–Crippen LogP) is 0.874. The number of aliphatic hydroxyl groups excluding tert-OH is 2. The molecule has 0 heterocycles. The van der Waals surface area contributed by atoms with Gasteiger partial charge in [-0.05, 0) is 24.1 Å². The van der Waals surface area contributed by atoms with Crippen molar-refractivity contribution < 1.29 is 15.0 Å². The number of Topliss-reactive ketones (excluding diaryl/α,β-unsaturated/α-hetero) is 1. The highest BCUT2D eigenvalue weighted by atomic mass is 16.3. The summed E-state index contributed by atoms with van der Waals surface area (Å²) < 4.78 is 0. The second kappa shape index (κ2) is 4.16. The van der Waals surface area contributed by atoms with E-state index in [4.69, 9.17) is 10.2 Å². The van der Waals surface area contributed by atoms with Gasteiger partial charge in [-0.1, -0.05) is 12.1 Å². The van der Waals surface area contributed by atoms with E-state index in [1.807, 2.05) is 0 Å². The Balaban J connectivity index is 3.13. The highest BCUT2D eigenvalue weighted by Gasteiger charge is 2.04. The number of hydrogen-bond donors (Lipinski definition) is 2. The van der Waals surface area contributed by atoms with Crippen LogP contribution >= 0.6 is 0 Å². The average Bonchev–Trinajstić information content (AvgIpc) is 2.16. The molecule has 3 nitrogen and oxygen atoms in total. The molecule has 1 aromatic carbocycles. The summed E-state index contributed by atoms with van der Waals surface area (Å²) in [5.41, 5.74) is 1.82. The molecule has 0 amide bonds. The van der Waals surface area contributed by atoms with Gasteiger partial charge in [-0.25, -0.2) is 0 Å². The Bertz CT molecular complexity index is 318. The number of carbonyl (C=O) groups excluding carboxylic acids is 1. The lowest BCUT2D eigenvalue weighted by Crippen LogP contribution is -1.99. The summed E-state index contributed by atoms with van der Waals surface area (Å²) in [6.45, 7) is 1.19. The maximum Gasteiger partial charge on any atom is 0.159 e. The standard InChI is InChI=1S/C10H12O3/c1-7(13)8-2-3-9(5-11)10(4-8)6-12/h2-4,11-12H,5-6H2,1H3. The summed E-state index contributed by atoms with van der Waals surface area (Å²) >= 11 is 0. The van der Waals surface area contributed by atoms with Gasteiger partial charge in [0.25, 0.3) is 0 Å². The molecule has 0 fully saturated rings. The van der Waals surface area contributed by atoms with Crippen LogP contribution in [0.15, 0.2) is 18.2 Å². The van der Waals surface area contributed by atoms with Crippen LogP contribution in [0.2, 0.25) is 0 Å². The fourth-order valence-electron chi connectivity index (χ4n) is 1.15. The molecule has 2 N–H and O–H groups in total. The van der Waals surface area contributed by atoms with Crippen molar-refractivity contribution in [2.24, 2.45) is 0 Å². The van der Waals surface area contributed by atoms with Crippen LogP contribution < -0.4 is 0 Å². The largest absolute Gasteiger partial charge is 0.392 e. The maximum absolute atomic E-state index is 11.0. The molecule has 70 valence electrons. The fourth-order valence-corrected chi connectivity index (χ4v) is 1.15. The molecule has 0 radical (unpaired) electrons. The first-order valence-corrected chi connectivity index (χ1v) is 4.03. The Kier molecular flexibility index (Phi) is 3.17. The van der Waals surface area contributed by atoms with Gasteiger partial charge < -0.3 is 10.2 Å². The molecule has 0 saturated heterocycles. The lowest BCUT2D eigenvalue weighted by atomic mass is 10.0. The summed E-state index contributed by atoms with van der Waals surface area (Å²) in [4.78, 5) is 11.0. The van der Waals surface area contributed by atoms with Crippen LogP contribution in [0.4, 0.5) is 0 Å². The molecular weight excluding hydrogens is 168 g/mol. The zero-order valence-electron chi connectivity index (χ0n) is 7.45. The van der Waals surface area contributed by atoms with Gasteiger partial charge >= 0.3 is 0 Å². The lowest BCUT2D eigenvalue weighted by molar-refractivity contribution is 0.101. The van der Waals surface area contributed by atoms with Gasteiger partial charge in [-0.15, -0.1) is 0 Å². The molecule has 0 unspecified atom stereocenters. The molecule has 0 spiro atoms.